The van der Waals surface area contributed by atoms with Gasteiger partial charge in [0.05, 0.1) is 12.2 Å². The lowest BCUT2D eigenvalue weighted by molar-refractivity contribution is -0.144. The molecule has 0 spiro atoms. The second kappa shape index (κ2) is 4.18. The molecule has 0 aliphatic carbocycles. The van der Waals surface area contributed by atoms with Gasteiger partial charge in [-0.05, 0) is 20.8 Å². The Morgan fingerprint density at radius 1 is 1.54 bits per heavy atom. The minimum atomic E-state index is -1.83. The molecule has 1 unspecified atom stereocenters. The van der Waals surface area contributed by atoms with Gasteiger partial charge in [-0.15, -0.1) is 0 Å². The number of rotatable bonds is 4. The first kappa shape index (κ1) is 11.8. The molecule has 0 heterocycles. The Kier molecular flexibility index (Phi) is 3.81. The third-order valence-electron chi connectivity index (χ3n) is 1.79. The van der Waals surface area contributed by atoms with Gasteiger partial charge in [0.25, 0.3) is 0 Å². The number of esters is 1. The molecule has 0 fully saturated rings. The van der Waals surface area contributed by atoms with E-state index in [0.717, 1.165) is 0 Å². The molecule has 0 aromatic carbocycles. The Hall–Kier alpha value is -1.16. The van der Waals surface area contributed by atoms with E-state index in [-0.39, 0.29) is 12.2 Å². The maximum atomic E-state index is 11.1. The van der Waals surface area contributed by atoms with Crippen LogP contribution in [0.25, 0.3) is 0 Å². The van der Waals surface area contributed by atoms with Crippen LogP contribution in [0.15, 0.2) is 12.2 Å². The van der Waals surface area contributed by atoms with Crippen LogP contribution in [0.2, 0.25) is 0 Å². The van der Waals surface area contributed by atoms with E-state index in [1.807, 2.05) is 0 Å². The van der Waals surface area contributed by atoms with Crippen LogP contribution in [-0.4, -0.2) is 29.1 Å². The zero-order chi connectivity index (χ0) is 10.6. The van der Waals surface area contributed by atoms with Gasteiger partial charge in [-0.2, -0.15) is 0 Å². The van der Waals surface area contributed by atoms with Crippen LogP contribution in [0.4, 0.5) is 0 Å². The summed E-state index contributed by atoms with van der Waals surface area (Å²) in [5.74, 6) is -1.28. The van der Waals surface area contributed by atoms with E-state index in [4.69, 9.17) is 0 Å². The van der Waals surface area contributed by atoms with Crippen LogP contribution in [-0.2, 0) is 14.3 Å². The quantitative estimate of drug-likeness (QED) is 0.511. The lowest BCUT2D eigenvalue weighted by atomic mass is 9.93. The summed E-state index contributed by atoms with van der Waals surface area (Å²) >= 11 is 0. The average molecular weight is 186 g/mol. The second-order valence-corrected chi connectivity index (χ2v) is 2.83. The van der Waals surface area contributed by atoms with Gasteiger partial charge in [0.2, 0.25) is 0 Å². The number of carbonyl (C=O) groups excluding carboxylic acids is 2. The SMILES string of the molecule is C=C(C(=O)OCC)C(C)(O)C(C)=O. The molecule has 0 bridgehead atoms. The Labute approximate surface area is 77.2 Å². The fourth-order valence-electron chi connectivity index (χ4n) is 0.629. The first-order valence-electron chi connectivity index (χ1n) is 3.94. The number of ether oxygens (including phenoxy) is 1. The van der Waals surface area contributed by atoms with Crippen molar-refractivity contribution in [3.05, 3.63) is 12.2 Å². The van der Waals surface area contributed by atoms with Crippen molar-refractivity contribution in [1.29, 1.82) is 0 Å². The number of carbonyl (C=O) groups is 2. The zero-order valence-electron chi connectivity index (χ0n) is 8.09. The molecular weight excluding hydrogens is 172 g/mol. The lowest BCUT2D eigenvalue weighted by Crippen LogP contribution is -2.38. The molecule has 0 saturated carbocycles. The maximum Gasteiger partial charge on any atom is 0.336 e. The predicted molar refractivity (Wildman–Crippen MR) is 47.1 cm³/mol. The number of hydrogen-bond acceptors (Lipinski definition) is 4. The van der Waals surface area contributed by atoms with Crippen molar-refractivity contribution >= 4 is 11.8 Å². The van der Waals surface area contributed by atoms with Gasteiger partial charge in [-0.25, -0.2) is 4.79 Å². The summed E-state index contributed by atoms with van der Waals surface area (Å²) in [4.78, 5) is 22.0. The summed E-state index contributed by atoms with van der Waals surface area (Å²) in [7, 11) is 0. The maximum absolute atomic E-state index is 11.1. The van der Waals surface area contributed by atoms with Gasteiger partial charge in [0, 0.05) is 0 Å². The molecule has 0 radical (unpaired) electrons. The Morgan fingerprint density at radius 2 is 2.00 bits per heavy atom. The molecule has 74 valence electrons. The number of aliphatic hydroxyl groups is 1. The fourth-order valence-corrected chi connectivity index (χ4v) is 0.629. The van der Waals surface area contributed by atoms with E-state index >= 15 is 0 Å². The third-order valence-corrected chi connectivity index (χ3v) is 1.79. The van der Waals surface area contributed by atoms with E-state index in [2.05, 4.69) is 11.3 Å². The number of ketones is 1. The first-order valence-corrected chi connectivity index (χ1v) is 3.94. The normalized spacial score (nSPS) is 14.5. The highest BCUT2D eigenvalue weighted by atomic mass is 16.5. The van der Waals surface area contributed by atoms with Gasteiger partial charge in [-0.1, -0.05) is 6.58 Å². The van der Waals surface area contributed by atoms with Crippen LogP contribution in [0.1, 0.15) is 20.8 Å². The molecular formula is C9H14O4. The van der Waals surface area contributed by atoms with Crippen molar-refractivity contribution in [2.75, 3.05) is 6.61 Å². The molecule has 0 saturated heterocycles. The van der Waals surface area contributed by atoms with Crippen molar-refractivity contribution in [3.8, 4) is 0 Å². The van der Waals surface area contributed by atoms with E-state index in [1.54, 1.807) is 6.92 Å². The molecule has 1 atom stereocenters. The second-order valence-electron chi connectivity index (χ2n) is 2.83. The summed E-state index contributed by atoms with van der Waals surface area (Å²) in [6.07, 6.45) is 0. The molecule has 4 nitrogen and oxygen atoms in total. The zero-order valence-corrected chi connectivity index (χ0v) is 8.09. The lowest BCUT2D eigenvalue weighted by Gasteiger charge is -2.20. The van der Waals surface area contributed by atoms with Crippen LogP contribution < -0.4 is 0 Å². The van der Waals surface area contributed by atoms with Crippen molar-refractivity contribution in [3.63, 3.8) is 0 Å². The summed E-state index contributed by atoms with van der Waals surface area (Å²) in [5.41, 5.74) is -2.06. The monoisotopic (exact) mass is 186 g/mol. The largest absolute Gasteiger partial charge is 0.463 e. The molecule has 0 aliphatic heterocycles. The molecule has 0 rings (SSSR count). The standard InChI is InChI=1S/C9H14O4/c1-5-13-8(11)6(2)9(4,12)7(3)10/h12H,2,5H2,1,3-4H3. The molecule has 1 N–H and O–H groups in total. The molecule has 0 amide bonds. The third kappa shape index (κ3) is 2.66. The topological polar surface area (TPSA) is 63.6 Å². The Morgan fingerprint density at radius 3 is 2.31 bits per heavy atom. The summed E-state index contributed by atoms with van der Waals surface area (Å²) in [5, 5.41) is 9.51. The molecule has 13 heavy (non-hydrogen) atoms. The van der Waals surface area contributed by atoms with Crippen molar-refractivity contribution < 1.29 is 19.4 Å². The molecule has 0 aromatic rings. The van der Waals surface area contributed by atoms with Gasteiger partial charge in [-0.3, -0.25) is 4.79 Å². The highest BCUT2D eigenvalue weighted by Crippen LogP contribution is 2.16. The summed E-state index contributed by atoms with van der Waals surface area (Å²) < 4.78 is 4.59. The van der Waals surface area contributed by atoms with Crippen molar-refractivity contribution in [1.82, 2.24) is 0 Å². The fraction of sp³-hybridized carbons (Fsp3) is 0.556. The van der Waals surface area contributed by atoms with Crippen molar-refractivity contribution in [2.45, 2.75) is 26.4 Å². The van der Waals surface area contributed by atoms with Gasteiger partial charge >= 0.3 is 5.97 Å². The van der Waals surface area contributed by atoms with E-state index in [1.165, 1.54) is 13.8 Å². The number of Topliss-reactive ketones (excluding diaryl/α,β-unsaturated/α-hetero) is 1. The van der Waals surface area contributed by atoms with Crippen molar-refractivity contribution in [2.24, 2.45) is 0 Å². The summed E-state index contributed by atoms with van der Waals surface area (Å²) in [6.45, 7) is 7.54. The van der Waals surface area contributed by atoms with E-state index in [9.17, 15) is 14.7 Å². The van der Waals surface area contributed by atoms with Gasteiger partial charge in [0.15, 0.2) is 11.4 Å². The highest BCUT2D eigenvalue weighted by molar-refractivity contribution is 6.00. The average Bonchev–Trinajstić information content (AvgIpc) is 2.03. The van der Waals surface area contributed by atoms with Crippen LogP contribution in [0.3, 0.4) is 0 Å². The number of hydrogen-bond donors (Lipinski definition) is 1. The minimum Gasteiger partial charge on any atom is -0.463 e. The van der Waals surface area contributed by atoms with Gasteiger partial charge < -0.3 is 9.84 Å². The minimum absolute atomic E-state index is 0.186. The van der Waals surface area contributed by atoms with Crippen LogP contribution in [0.5, 0.6) is 0 Å². The molecule has 0 aliphatic rings. The summed E-state index contributed by atoms with van der Waals surface area (Å²) in [6, 6.07) is 0. The Balaban J connectivity index is 4.59. The Bertz CT molecular complexity index is 240. The first-order chi connectivity index (χ1) is 5.84. The smallest absolute Gasteiger partial charge is 0.336 e. The highest BCUT2D eigenvalue weighted by Gasteiger charge is 2.34. The predicted octanol–water partition coefficient (Wildman–Crippen LogP) is 0.446. The van der Waals surface area contributed by atoms with Gasteiger partial charge in [0.1, 0.15) is 0 Å². The van der Waals surface area contributed by atoms with E-state index in [0.29, 0.717) is 0 Å². The van der Waals surface area contributed by atoms with Crippen LogP contribution >= 0.6 is 0 Å². The molecule has 0 aromatic heterocycles. The van der Waals surface area contributed by atoms with Crippen LogP contribution in [0, 0.1) is 0 Å². The molecule has 4 heteroatoms. The van der Waals surface area contributed by atoms with E-state index < -0.39 is 17.4 Å².